The topological polar surface area (TPSA) is 106 Å². The number of rotatable bonds is 6. The third-order valence-corrected chi connectivity index (χ3v) is 9.59. The number of aryl methyl sites for hydroxylation is 1. The summed E-state index contributed by atoms with van der Waals surface area (Å²) in [5.41, 5.74) is 1.52. The first-order chi connectivity index (χ1) is 15.7. The van der Waals surface area contributed by atoms with E-state index in [1.807, 2.05) is 6.92 Å². The van der Waals surface area contributed by atoms with Gasteiger partial charge in [-0.05, 0) is 42.8 Å². The summed E-state index contributed by atoms with van der Waals surface area (Å²) in [5, 5.41) is 0.554. The third-order valence-electron chi connectivity index (χ3n) is 5.74. The average molecular weight is 492 g/mol. The summed E-state index contributed by atoms with van der Waals surface area (Å²) in [7, 11) is -4.75. The molecule has 1 saturated heterocycles. The van der Waals surface area contributed by atoms with Crippen LogP contribution < -0.4 is 9.47 Å². The number of hydrogen-bond acceptors (Lipinski definition) is 7. The maximum Gasteiger partial charge on any atom is 0.243 e. The summed E-state index contributed by atoms with van der Waals surface area (Å²) in [5.74, 6) is 0.729. The van der Waals surface area contributed by atoms with Gasteiger partial charge in [-0.1, -0.05) is 6.07 Å². The number of methoxy groups -OCH3 is 2. The molecule has 0 saturated carbocycles. The molecular formula is C22H25N3O6S2. The van der Waals surface area contributed by atoms with Crippen molar-refractivity contribution in [2.24, 2.45) is 0 Å². The molecule has 0 N–H and O–H groups in total. The maximum atomic E-state index is 13.4. The van der Waals surface area contributed by atoms with Gasteiger partial charge in [0.1, 0.15) is 0 Å². The Bertz CT molecular complexity index is 1400. The highest BCUT2D eigenvalue weighted by atomic mass is 32.2. The molecule has 9 nitrogen and oxygen atoms in total. The molecule has 2 aromatic carbocycles. The van der Waals surface area contributed by atoms with Crippen molar-refractivity contribution in [2.45, 2.75) is 16.7 Å². The highest BCUT2D eigenvalue weighted by Crippen LogP contribution is 2.32. The molecular weight excluding hydrogens is 466 g/mol. The molecule has 33 heavy (non-hydrogen) atoms. The number of benzene rings is 2. The Balaban J connectivity index is 1.57. The van der Waals surface area contributed by atoms with Crippen LogP contribution in [-0.2, 0) is 20.0 Å². The first kappa shape index (κ1) is 23.4. The lowest BCUT2D eigenvalue weighted by Gasteiger charge is -2.33. The zero-order valence-electron chi connectivity index (χ0n) is 18.6. The third kappa shape index (κ3) is 4.17. The summed E-state index contributed by atoms with van der Waals surface area (Å²) in [6.07, 6.45) is 1.63. The second-order valence-electron chi connectivity index (χ2n) is 7.61. The first-order valence-corrected chi connectivity index (χ1v) is 13.1. The van der Waals surface area contributed by atoms with Crippen molar-refractivity contribution in [3.8, 4) is 11.5 Å². The molecule has 0 radical (unpaired) electrons. The largest absolute Gasteiger partial charge is 0.493 e. The van der Waals surface area contributed by atoms with E-state index in [-0.39, 0.29) is 36.0 Å². The van der Waals surface area contributed by atoms with Gasteiger partial charge in [0.25, 0.3) is 0 Å². The number of sulfonamides is 2. The quantitative estimate of drug-likeness (QED) is 0.521. The van der Waals surface area contributed by atoms with Gasteiger partial charge in [-0.25, -0.2) is 16.8 Å². The maximum absolute atomic E-state index is 13.4. The van der Waals surface area contributed by atoms with E-state index in [1.165, 1.54) is 41.0 Å². The van der Waals surface area contributed by atoms with Crippen molar-refractivity contribution in [3.63, 3.8) is 0 Å². The molecule has 0 atom stereocenters. The van der Waals surface area contributed by atoms with Gasteiger partial charge in [0.15, 0.2) is 11.5 Å². The normalized spacial score (nSPS) is 16.1. The van der Waals surface area contributed by atoms with Crippen LogP contribution in [0.4, 0.5) is 0 Å². The standard InChI is InChI=1S/C22H25N3O6S2/c1-16-6-9-21(18-5-4-10-23-22(16)18)33(28,29)25-13-11-24(12-14-25)32(26,27)17-7-8-19(30-2)20(15-17)31-3/h4-10,15H,11-14H2,1-3H3. The zero-order valence-corrected chi connectivity index (χ0v) is 20.2. The van der Waals surface area contributed by atoms with E-state index in [0.717, 1.165) is 5.56 Å². The average Bonchev–Trinajstić information content (AvgIpc) is 2.83. The van der Waals surface area contributed by atoms with E-state index >= 15 is 0 Å². The molecule has 1 fully saturated rings. The number of hydrogen-bond donors (Lipinski definition) is 0. The second-order valence-corrected chi connectivity index (χ2v) is 11.4. The molecule has 176 valence electrons. The van der Waals surface area contributed by atoms with Crippen LogP contribution in [0.15, 0.2) is 58.5 Å². The number of fused-ring (bicyclic) bond motifs is 1. The van der Waals surface area contributed by atoms with E-state index in [9.17, 15) is 16.8 Å². The zero-order chi connectivity index (χ0) is 23.8. The minimum atomic E-state index is -3.83. The van der Waals surface area contributed by atoms with Gasteiger partial charge in [0, 0.05) is 43.8 Å². The van der Waals surface area contributed by atoms with Crippen molar-refractivity contribution >= 4 is 30.9 Å². The molecule has 11 heteroatoms. The molecule has 0 spiro atoms. The predicted octanol–water partition coefficient (Wildman–Crippen LogP) is 2.26. The fraction of sp³-hybridized carbons (Fsp3) is 0.318. The molecule has 1 aliphatic rings. The Morgan fingerprint density at radius 2 is 1.45 bits per heavy atom. The van der Waals surface area contributed by atoms with Crippen molar-refractivity contribution in [2.75, 3.05) is 40.4 Å². The number of piperazine rings is 1. The van der Waals surface area contributed by atoms with Gasteiger partial charge in [0.2, 0.25) is 20.0 Å². The van der Waals surface area contributed by atoms with Crippen molar-refractivity contribution in [1.29, 1.82) is 0 Å². The van der Waals surface area contributed by atoms with E-state index in [1.54, 1.807) is 30.5 Å². The molecule has 0 amide bonds. The summed E-state index contributed by atoms with van der Waals surface area (Å²) >= 11 is 0. The number of pyridine rings is 1. The summed E-state index contributed by atoms with van der Waals surface area (Å²) in [6, 6.07) is 11.1. The van der Waals surface area contributed by atoms with Crippen LogP contribution in [0.5, 0.6) is 11.5 Å². The van der Waals surface area contributed by atoms with Gasteiger partial charge in [-0.2, -0.15) is 8.61 Å². The van der Waals surface area contributed by atoms with Gasteiger partial charge >= 0.3 is 0 Å². The Morgan fingerprint density at radius 3 is 2.09 bits per heavy atom. The number of aromatic nitrogens is 1. The second kappa shape index (κ2) is 8.90. The minimum Gasteiger partial charge on any atom is -0.493 e. The summed E-state index contributed by atoms with van der Waals surface area (Å²) in [6.45, 7) is 2.05. The molecule has 1 aliphatic heterocycles. The van der Waals surface area contributed by atoms with E-state index in [0.29, 0.717) is 22.4 Å². The van der Waals surface area contributed by atoms with Crippen LogP contribution in [-0.4, -0.2) is 70.8 Å². The Morgan fingerprint density at radius 1 is 0.818 bits per heavy atom. The van der Waals surface area contributed by atoms with Gasteiger partial charge in [-0.15, -0.1) is 0 Å². The van der Waals surface area contributed by atoms with Crippen molar-refractivity contribution < 1.29 is 26.3 Å². The molecule has 1 aromatic heterocycles. The van der Waals surface area contributed by atoms with Crippen molar-refractivity contribution in [3.05, 3.63) is 54.2 Å². The van der Waals surface area contributed by atoms with Crippen LogP contribution in [0.3, 0.4) is 0 Å². The lowest BCUT2D eigenvalue weighted by atomic mass is 10.1. The smallest absolute Gasteiger partial charge is 0.243 e. The first-order valence-electron chi connectivity index (χ1n) is 10.3. The minimum absolute atomic E-state index is 0.0396. The van der Waals surface area contributed by atoms with Gasteiger partial charge in [-0.3, -0.25) is 4.98 Å². The van der Waals surface area contributed by atoms with Gasteiger partial charge < -0.3 is 9.47 Å². The molecule has 3 aromatic rings. The highest BCUT2D eigenvalue weighted by Gasteiger charge is 2.35. The fourth-order valence-electron chi connectivity index (χ4n) is 3.93. The number of ether oxygens (including phenoxy) is 2. The monoisotopic (exact) mass is 491 g/mol. The molecule has 2 heterocycles. The fourth-order valence-corrected chi connectivity index (χ4v) is 6.97. The van der Waals surface area contributed by atoms with Crippen LogP contribution in [0.1, 0.15) is 5.56 Å². The Hall–Kier alpha value is -2.73. The van der Waals surface area contributed by atoms with E-state index < -0.39 is 20.0 Å². The van der Waals surface area contributed by atoms with Crippen LogP contribution >= 0.6 is 0 Å². The Kier molecular flexibility index (Phi) is 6.32. The molecule has 0 aliphatic carbocycles. The van der Waals surface area contributed by atoms with Crippen LogP contribution in [0.25, 0.3) is 10.9 Å². The summed E-state index contributed by atoms with van der Waals surface area (Å²) < 4.78 is 66.1. The van der Waals surface area contributed by atoms with E-state index in [4.69, 9.17) is 9.47 Å². The lowest BCUT2D eigenvalue weighted by Crippen LogP contribution is -2.50. The van der Waals surface area contributed by atoms with E-state index in [2.05, 4.69) is 4.98 Å². The van der Waals surface area contributed by atoms with Gasteiger partial charge in [0.05, 0.1) is 29.5 Å². The SMILES string of the molecule is COc1ccc(S(=O)(=O)N2CCN(S(=O)(=O)c3ccc(C)c4ncccc34)CC2)cc1OC. The summed E-state index contributed by atoms with van der Waals surface area (Å²) in [4.78, 5) is 4.55. The van der Waals surface area contributed by atoms with Crippen molar-refractivity contribution in [1.82, 2.24) is 13.6 Å². The Labute approximate surface area is 193 Å². The lowest BCUT2D eigenvalue weighted by molar-refractivity contribution is 0.273. The highest BCUT2D eigenvalue weighted by molar-refractivity contribution is 7.89. The predicted molar refractivity (Wildman–Crippen MR) is 124 cm³/mol. The number of nitrogens with zero attached hydrogens (tertiary/aromatic N) is 3. The van der Waals surface area contributed by atoms with Crippen LogP contribution in [0.2, 0.25) is 0 Å². The molecule has 0 unspecified atom stereocenters. The molecule has 4 rings (SSSR count). The van der Waals surface area contributed by atoms with Crippen LogP contribution in [0, 0.1) is 6.92 Å². The molecule has 0 bridgehead atoms.